The fourth-order valence-electron chi connectivity index (χ4n) is 2.63. The summed E-state index contributed by atoms with van der Waals surface area (Å²) in [7, 11) is 0. The first-order valence-corrected chi connectivity index (χ1v) is 7.31. The van der Waals surface area contributed by atoms with Gasteiger partial charge in [-0.05, 0) is 62.3 Å². The molecule has 0 atom stereocenters. The molecule has 0 saturated heterocycles. The summed E-state index contributed by atoms with van der Waals surface area (Å²) in [6.45, 7) is 11.0. The summed E-state index contributed by atoms with van der Waals surface area (Å²) in [5, 5.41) is 7.14. The van der Waals surface area contributed by atoms with E-state index in [1.165, 1.54) is 0 Å². The van der Waals surface area contributed by atoms with E-state index in [1.54, 1.807) is 0 Å². The van der Waals surface area contributed by atoms with Gasteiger partial charge in [-0.3, -0.25) is 4.99 Å². The number of aromatic nitrogens is 1. The van der Waals surface area contributed by atoms with Crippen molar-refractivity contribution in [1.82, 2.24) is 5.16 Å². The number of allylic oxidation sites excluding steroid dienone is 1. The van der Waals surface area contributed by atoms with Crippen molar-refractivity contribution in [2.24, 2.45) is 10.2 Å². The second-order valence-electron chi connectivity index (χ2n) is 5.34. The summed E-state index contributed by atoms with van der Waals surface area (Å²) < 4.78 is 5.22. The van der Waals surface area contributed by atoms with Gasteiger partial charge in [0.15, 0.2) is 0 Å². The predicted molar refractivity (Wildman–Crippen MR) is 93.1 cm³/mol. The van der Waals surface area contributed by atoms with E-state index in [-0.39, 0.29) is 5.70 Å². The smallest absolute Gasteiger partial charge is 0.141 e. The second kappa shape index (κ2) is 6.56. The fourth-order valence-corrected chi connectivity index (χ4v) is 2.63. The number of nitrogens with zero attached hydrogens (tertiary/aromatic N) is 3. The van der Waals surface area contributed by atoms with E-state index < -0.39 is 0 Å². The van der Waals surface area contributed by atoms with Crippen LogP contribution >= 0.6 is 0 Å². The first-order valence-electron chi connectivity index (χ1n) is 7.31. The van der Waals surface area contributed by atoms with Crippen molar-refractivity contribution in [1.29, 1.82) is 0 Å². The van der Waals surface area contributed by atoms with Crippen LogP contribution in [0.3, 0.4) is 0 Å². The highest BCUT2D eigenvalue weighted by molar-refractivity contribution is 5.81. The molecule has 0 radical (unpaired) electrons. The van der Waals surface area contributed by atoms with E-state index in [1.807, 2.05) is 39.8 Å². The molecule has 23 heavy (non-hydrogen) atoms. The molecular formula is C17H20N4O2. The van der Waals surface area contributed by atoms with E-state index in [2.05, 4.69) is 22.0 Å². The summed E-state index contributed by atoms with van der Waals surface area (Å²) in [6, 6.07) is 3.72. The number of hydrogen-bond acceptors (Lipinski definition) is 6. The van der Waals surface area contributed by atoms with Crippen molar-refractivity contribution in [2.45, 2.75) is 34.1 Å². The summed E-state index contributed by atoms with van der Waals surface area (Å²) in [6.07, 6.45) is 0.555. The third-order valence-electron chi connectivity index (χ3n) is 3.92. The van der Waals surface area contributed by atoms with Gasteiger partial charge in [-0.1, -0.05) is 12.1 Å². The minimum Gasteiger partial charge on any atom is -0.398 e. The number of nitrogens with two attached hydrogens (primary N) is 1. The largest absolute Gasteiger partial charge is 0.398 e. The number of hydrogen-bond donors (Lipinski definition) is 1. The minimum atomic E-state index is 0.264. The van der Waals surface area contributed by atoms with Gasteiger partial charge in [0.05, 0.1) is 11.4 Å². The van der Waals surface area contributed by atoms with E-state index in [0.717, 1.165) is 22.4 Å². The van der Waals surface area contributed by atoms with Crippen LogP contribution in [-0.4, -0.2) is 11.9 Å². The van der Waals surface area contributed by atoms with Crippen molar-refractivity contribution in [2.75, 3.05) is 5.73 Å². The molecule has 0 saturated carbocycles. The summed E-state index contributed by atoms with van der Waals surface area (Å²) in [5.41, 5.74) is 11.4. The number of nitrogen functional groups attached to an aromatic ring is 1. The lowest BCUT2D eigenvalue weighted by atomic mass is 9.95. The number of aliphatic imine (C=N–C) groups is 1. The van der Waals surface area contributed by atoms with E-state index >= 15 is 0 Å². The molecule has 0 aliphatic carbocycles. The Labute approximate surface area is 135 Å². The molecule has 1 aromatic carbocycles. The zero-order valence-electron chi connectivity index (χ0n) is 13.8. The van der Waals surface area contributed by atoms with Crippen LogP contribution in [0.15, 0.2) is 32.5 Å². The molecule has 0 aliphatic heterocycles. The van der Waals surface area contributed by atoms with Crippen molar-refractivity contribution in [3.8, 4) is 11.1 Å². The van der Waals surface area contributed by atoms with Crippen LogP contribution in [0.25, 0.3) is 16.8 Å². The van der Waals surface area contributed by atoms with Gasteiger partial charge in [-0.15, -0.1) is 4.91 Å². The molecule has 2 rings (SSSR count). The average Bonchev–Trinajstić information content (AvgIpc) is 2.87. The highest BCUT2D eigenvalue weighted by Gasteiger charge is 2.18. The molecule has 0 aliphatic rings. The number of aryl methyl sites for hydroxylation is 2. The van der Waals surface area contributed by atoms with Crippen LogP contribution < -0.4 is 5.73 Å². The normalized spacial score (nSPS) is 12.0. The van der Waals surface area contributed by atoms with Crippen LogP contribution in [0, 0.1) is 25.7 Å². The summed E-state index contributed by atoms with van der Waals surface area (Å²) in [4.78, 5) is 15.3. The maximum atomic E-state index is 11.4. The Bertz CT molecular complexity index is 784. The van der Waals surface area contributed by atoms with Gasteiger partial charge in [0.25, 0.3) is 0 Å². The molecular weight excluding hydrogens is 292 g/mol. The molecule has 0 fully saturated rings. The SMILES string of the molecule is C=N/C(CC)=C(\N=O)c1cc(-c2c(C)noc2C)cc(N)c1C. The van der Waals surface area contributed by atoms with Crippen molar-refractivity contribution in [3.05, 3.63) is 45.3 Å². The minimum absolute atomic E-state index is 0.264. The van der Waals surface area contributed by atoms with Gasteiger partial charge in [0, 0.05) is 16.8 Å². The van der Waals surface area contributed by atoms with Crippen LogP contribution in [0.4, 0.5) is 5.69 Å². The standard InChI is InChI=1S/C17H20N4O2/c1-6-15(19-5)17(20-22)13-7-12(8-14(18)9(13)2)16-10(3)21-23-11(16)4/h7-8H,5-6,18H2,1-4H3/b17-15-. The number of rotatable bonds is 5. The highest BCUT2D eigenvalue weighted by atomic mass is 16.5. The van der Waals surface area contributed by atoms with E-state index in [4.69, 9.17) is 10.3 Å². The molecule has 6 heteroatoms. The van der Waals surface area contributed by atoms with Crippen LogP contribution in [0.1, 0.15) is 35.9 Å². The van der Waals surface area contributed by atoms with Gasteiger partial charge in [-0.2, -0.15) is 0 Å². The quantitative estimate of drug-likeness (QED) is 0.503. The molecule has 1 heterocycles. The van der Waals surface area contributed by atoms with Gasteiger partial charge < -0.3 is 10.3 Å². The molecule has 2 aromatic rings. The third-order valence-corrected chi connectivity index (χ3v) is 3.92. The Balaban J connectivity index is 2.78. The van der Waals surface area contributed by atoms with Crippen molar-refractivity contribution in [3.63, 3.8) is 0 Å². The Kier molecular flexibility index (Phi) is 4.74. The fraction of sp³-hybridized carbons (Fsp3) is 0.294. The molecule has 6 nitrogen and oxygen atoms in total. The van der Waals surface area contributed by atoms with Crippen LogP contribution in [0.5, 0.6) is 0 Å². The van der Waals surface area contributed by atoms with Crippen molar-refractivity contribution < 1.29 is 4.52 Å². The molecule has 0 spiro atoms. The van der Waals surface area contributed by atoms with E-state index in [0.29, 0.717) is 29.1 Å². The second-order valence-corrected chi connectivity index (χ2v) is 5.34. The first-order chi connectivity index (χ1) is 10.9. The lowest BCUT2D eigenvalue weighted by Crippen LogP contribution is -1.98. The monoisotopic (exact) mass is 312 g/mol. The van der Waals surface area contributed by atoms with Crippen LogP contribution in [0.2, 0.25) is 0 Å². The molecule has 120 valence electrons. The van der Waals surface area contributed by atoms with Gasteiger partial charge in [0.1, 0.15) is 11.5 Å². The number of nitroso groups, excluding NO2 is 1. The summed E-state index contributed by atoms with van der Waals surface area (Å²) in [5.74, 6) is 0.693. The van der Waals surface area contributed by atoms with E-state index in [9.17, 15) is 4.91 Å². The third kappa shape index (κ3) is 2.92. The van der Waals surface area contributed by atoms with Crippen molar-refractivity contribution >= 4 is 18.1 Å². The molecule has 0 amide bonds. The maximum Gasteiger partial charge on any atom is 0.141 e. The molecule has 0 unspecified atom stereocenters. The first kappa shape index (κ1) is 16.6. The predicted octanol–water partition coefficient (Wildman–Crippen LogP) is 4.39. The molecule has 2 N–H and O–H groups in total. The Morgan fingerprint density at radius 1 is 1.35 bits per heavy atom. The molecule has 1 aromatic heterocycles. The summed E-state index contributed by atoms with van der Waals surface area (Å²) >= 11 is 0. The number of anilines is 1. The molecule has 0 bridgehead atoms. The van der Waals surface area contributed by atoms with Gasteiger partial charge >= 0.3 is 0 Å². The Hall–Kier alpha value is -2.76. The zero-order chi connectivity index (χ0) is 17.1. The lowest BCUT2D eigenvalue weighted by molar-refractivity contribution is 0.393. The Morgan fingerprint density at radius 3 is 2.52 bits per heavy atom. The number of benzene rings is 1. The highest BCUT2D eigenvalue weighted by Crippen LogP contribution is 2.35. The van der Waals surface area contributed by atoms with Gasteiger partial charge in [-0.25, -0.2) is 0 Å². The Morgan fingerprint density at radius 2 is 2.04 bits per heavy atom. The topological polar surface area (TPSA) is 93.8 Å². The average molecular weight is 312 g/mol. The van der Waals surface area contributed by atoms with Gasteiger partial charge in [0.2, 0.25) is 0 Å². The maximum absolute atomic E-state index is 11.4. The van der Waals surface area contributed by atoms with Crippen LogP contribution in [-0.2, 0) is 0 Å². The zero-order valence-corrected chi connectivity index (χ0v) is 13.8. The lowest BCUT2D eigenvalue weighted by Gasteiger charge is -2.12.